The Morgan fingerprint density at radius 3 is 2.52 bits per heavy atom. The number of nitrogens with one attached hydrogen (secondary N) is 1. The van der Waals surface area contributed by atoms with Crippen LogP contribution < -0.4 is 9.73 Å². The Bertz CT molecular complexity index is 867. The maximum Gasteiger partial charge on any atom is 0.421 e. The van der Waals surface area contributed by atoms with Crippen LogP contribution in [0.5, 0.6) is 5.75 Å². The van der Waals surface area contributed by atoms with E-state index in [9.17, 15) is 13.2 Å². The van der Waals surface area contributed by atoms with Gasteiger partial charge in [0.05, 0.1) is 12.0 Å². The van der Waals surface area contributed by atoms with Gasteiger partial charge in [-0.15, -0.1) is 0 Å². The molecular weight excluding hydrogens is 338 g/mol. The topological polar surface area (TPSA) is 74.4 Å². The van der Waals surface area contributed by atoms with E-state index in [-0.39, 0.29) is 10.8 Å². The van der Waals surface area contributed by atoms with Crippen LogP contribution in [0.15, 0.2) is 54.2 Å². The van der Waals surface area contributed by atoms with Crippen molar-refractivity contribution >= 4 is 38.9 Å². The summed E-state index contributed by atoms with van der Waals surface area (Å²) >= 11 is 5.88. The lowest BCUT2D eigenvalue weighted by Crippen LogP contribution is -2.73. The monoisotopic (exact) mass is 350 g/mol. The first-order valence-electron chi connectivity index (χ1n) is 6.51. The lowest BCUT2D eigenvalue weighted by atomic mass is 10.1. The molecule has 0 aliphatic heterocycles. The molecule has 0 aromatic heterocycles. The van der Waals surface area contributed by atoms with E-state index in [0.717, 1.165) is 5.57 Å². The Hall–Kier alpha value is -2.44. The molecule has 2 rings (SSSR count). The van der Waals surface area contributed by atoms with Gasteiger partial charge in [-0.2, -0.15) is 13.4 Å². The Balaban J connectivity index is 2.16. The van der Waals surface area contributed by atoms with Crippen LogP contribution in [-0.4, -0.2) is 32.5 Å². The molecule has 0 heterocycles. The molecule has 7 heteroatoms. The summed E-state index contributed by atoms with van der Waals surface area (Å²) in [5.41, 5.74) is 1.07. The first-order valence-corrected chi connectivity index (χ1v) is 7.97. The summed E-state index contributed by atoms with van der Waals surface area (Å²) in [5, 5.41) is 0.432. The fraction of sp³-hybridized carbons (Fsp3) is 0.0625. The fourth-order valence-electron chi connectivity index (χ4n) is 1.84. The molecule has 1 amide bonds. The second-order valence-corrected chi connectivity index (χ2v) is 5.83. The second-order valence-electron chi connectivity index (χ2n) is 4.46. The zero-order valence-electron chi connectivity index (χ0n) is 12.1. The Kier molecular flexibility index (Phi) is 5.67. The largest absolute Gasteiger partial charge is 0.496 e. The highest BCUT2D eigenvalue weighted by Crippen LogP contribution is 2.21. The van der Waals surface area contributed by atoms with Crippen molar-refractivity contribution < 1.29 is 22.9 Å². The summed E-state index contributed by atoms with van der Waals surface area (Å²) in [5.74, 6) is 0.0560. The molecule has 5 nitrogen and oxygen atoms in total. The molecule has 23 heavy (non-hydrogen) atoms. The van der Waals surface area contributed by atoms with Gasteiger partial charge in [-0.1, -0.05) is 23.8 Å². The van der Waals surface area contributed by atoms with E-state index in [1.54, 1.807) is 30.4 Å². The first kappa shape index (κ1) is 16.9. The molecule has 0 fully saturated rings. The minimum Gasteiger partial charge on any atom is -0.496 e. The van der Waals surface area contributed by atoms with Crippen molar-refractivity contribution in [3.8, 4) is 5.75 Å². The van der Waals surface area contributed by atoms with Crippen molar-refractivity contribution in [3.63, 3.8) is 0 Å². The SMILES string of the molecule is COc1ccc(Cl)cc1C(=O)[NH+]=CC=C1C=CC(=S(=O)=O)C=C1. The third-order valence-electron chi connectivity index (χ3n) is 2.97. The molecule has 1 aromatic rings. The highest BCUT2D eigenvalue weighted by molar-refractivity contribution is 7.73. The molecule has 0 saturated heterocycles. The predicted molar refractivity (Wildman–Crippen MR) is 89.7 cm³/mol. The normalized spacial score (nSPS) is 13.5. The van der Waals surface area contributed by atoms with Gasteiger partial charge in [-0.25, -0.2) is 4.79 Å². The summed E-state index contributed by atoms with van der Waals surface area (Å²) in [6.45, 7) is 0. The average Bonchev–Trinajstić information content (AvgIpc) is 2.55. The summed E-state index contributed by atoms with van der Waals surface area (Å²) < 4.78 is 26.6. The van der Waals surface area contributed by atoms with Crippen molar-refractivity contribution in [1.29, 1.82) is 0 Å². The zero-order valence-corrected chi connectivity index (χ0v) is 13.7. The first-order chi connectivity index (χ1) is 11.0. The van der Waals surface area contributed by atoms with Crippen LogP contribution in [-0.2, 0) is 10.3 Å². The van der Waals surface area contributed by atoms with Gasteiger partial charge >= 0.3 is 5.91 Å². The van der Waals surface area contributed by atoms with Crippen LogP contribution in [0, 0.1) is 0 Å². The lowest BCUT2D eigenvalue weighted by Gasteiger charge is -2.02. The van der Waals surface area contributed by atoms with Gasteiger partial charge in [0, 0.05) is 11.1 Å². The Morgan fingerprint density at radius 2 is 1.91 bits per heavy atom. The van der Waals surface area contributed by atoms with Gasteiger partial charge in [0.25, 0.3) is 0 Å². The molecule has 0 spiro atoms. The smallest absolute Gasteiger partial charge is 0.421 e. The molecule has 0 saturated carbocycles. The van der Waals surface area contributed by atoms with Crippen molar-refractivity contribution in [2.75, 3.05) is 7.11 Å². The molecule has 0 radical (unpaired) electrons. The molecule has 1 aliphatic carbocycles. The van der Waals surface area contributed by atoms with Crippen LogP contribution in [0.1, 0.15) is 10.4 Å². The van der Waals surface area contributed by atoms with E-state index in [1.807, 2.05) is 0 Å². The summed E-state index contributed by atoms with van der Waals surface area (Å²) in [7, 11) is -0.782. The fourth-order valence-corrected chi connectivity index (χ4v) is 2.37. The maximum atomic E-state index is 12.1. The van der Waals surface area contributed by atoms with Crippen molar-refractivity contribution in [2.24, 2.45) is 0 Å². The second kappa shape index (κ2) is 7.71. The standard InChI is InChI=1S/C16H12ClNO4S/c1-22-15-7-4-12(17)10-14(15)16(19)18-9-8-11-2-5-13(6-3-11)23(20)21/h2-10H,1H3/p+1. The number of rotatable bonds is 3. The number of benzene rings is 1. The number of amides is 1. The summed E-state index contributed by atoms with van der Waals surface area (Å²) in [4.78, 5) is 14.9. The van der Waals surface area contributed by atoms with Crippen molar-refractivity contribution in [2.45, 2.75) is 0 Å². The molecule has 118 valence electrons. The minimum atomic E-state index is -2.25. The average molecular weight is 351 g/mol. The number of halogens is 1. The number of carbonyl (C=O) groups is 1. The summed E-state index contributed by atoms with van der Waals surface area (Å²) in [6, 6.07) is 4.76. The lowest BCUT2D eigenvalue weighted by molar-refractivity contribution is -0.338. The molecule has 0 unspecified atom stereocenters. The third-order valence-corrected chi connectivity index (χ3v) is 3.86. The number of hydrogen-bond donors (Lipinski definition) is 1. The van der Waals surface area contributed by atoms with Gasteiger partial charge < -0.3 is 4.74 Å². The van der Waals surface area contributed by atoms with Gasteiger partial charge in [-0.05, 0) is 35.9 Å². The highest BCUT2D eigenvalue weighted by Gasteiger charge is 2.16. The molecule has 0 bridgehead atoms. The quantitative estimate of drug-likeness (QED) is 0.644. The summed E-state index contributed by atoms with van der Waals surface area (Å²) in [6.07, 6.45) is 9.33. The molecule has 1 N–H and O–H groups in total. The third kappa shape index (κ3) is 4.51. The Labute approximate surface area is 139 Å². The van der Waals surface area contributed by atoms with E-state index in [2.05, 4.69) is 4.99 Å². The number of methoxy groups -OCH3 is 1. The number of allylic oxidation sites excluding steroid dienone is 6. The molecule has 1 aliphatic rings. The van der Waals surface area contributed by atoms with E-state index in [0.29, 0.717) is 16.3 Å². The van der Waals surface area contributed by atoms with Gasteiger partial charge in [-0.3, -0.25) is 0 Å². The van der Waals surface area contributed by atoms with Gasteiger partial charge in [0.2, 0.25) is 10.3 Å². The minimum absolute atomic E-state index is 0.204. The van der Waals surface area contributed by atoms with Gasteiger partial charge in [0.15, 0.2) is 6.21 Å². The van der Waals surface area contributed by atoms with Crippen LogP contribution >= 0.6 is 11.6 Å². The van der Waals surface area contributed by atoms with Crippen LogP contribution in [0.4, 0.5) is 0 Å². The molecule has 0 atom stereocenters. The van der Waals surface area contributed by atoms with Crippen LogP contribution in [0.25, 0.3) is 0 Å². The molecule has 1 aromatic carbocycles. The van der Waals surface area contributed by atoms with Crippen molar-refractivity contribution in [3.05, 3.63) is 64.7 Å². The van der Waals surface area contributed by atoms with E-state index < -0.39 is 10.3 Å². The number of carbonyl (C=O) groups excluding carboxylic acids is 1. The molecular formula is C16H13ClNO4S+. The highest BCUT2D eigenvalue weighted by atomic mass is 35.5. The Morgan fingerprint density at radius 1 is 1.22 bits per heavy atom. The van der Waals surface area contributed by atoms with E-state index in [1.165, 1.54) is 31.5 Å². The van der Waals surface area contributed by atoms with Crippen molar-refractivity contribution in [1.82, 2.24) is 0 Å². The van der Waals surface area contributed by atoms with Crippen LogP contribution in [0.3, 0.4) is 0 Å². The maximum absolute atomic E-state index is 12.1. The van der Waals surface area contributed by atoms with E-state index in [4.69, 9.17) is 16.3 Å². The van der Waals surface area contributed by atoms with Gasteiger partial charge in [0.1, 0.15) is 11.3 Å². The van der Waals surface area contributed by atoms with Crippen LogP contribution in [0.2, 0.25) is 5.02 Å². The number of ether oxygens (including phenoxy) is 1. The number of hydrogen-bond acceptors (Lipinski definition) is 4. The van der Waals surface area contributed by atoms with E-state index >= 15 is 0 Å². The zero-order chi connectivity index (χ0) is 16.8. The predicted octanol–water partition coefficient (Wildman–Crippen LogP) is 0.744.